The van der Waals surface area contributed by atoms with Gasteiger partial charge in [-0.2, -0.15) is 9.40 Å². The highest BCUT2D eigenvalue weighted by atomic mass is 32.2. The monoisotopic (exact) mass is 323 g/mol. The van der Waals surface area contributed by atoms with Crippen molar-refractivity contribution in [2.24, 2.45) is 7.05 Å². The molecule has 1 aromatic heterocycles. The van der Waals surface area contributed by atoms with Crippen LogP contribution in [0.15, 0.2) is 35.5 Å². The Morgan fingerprint density at radius 1 is 1.27 bits per heavy atom. The zero-order valence-electron chi connectivity index (χ0n) is 12.4. The maximum atomic E-state index is 12.6. The lowest BCUT2D eigenvalue weighted by atomic mass is 10.3. The summed E-state index contributed by atoms with van der Waals surface area (Å²) < 4.78 is 39.0. The van der Waals surface area contributed by atoms with Crippen LogP contribution < -0.4 is 9.47 Å². The van der Waals surface area contributed by atoms with Crippen LogP contribution in [0.5, 0.6) is 11.5 Å². The number of aryl methyl sites for hydroxylation is 1. The SMILES string of the molecule is CN(Cc1cnn(C)c1)S(=O)(=O)c1ccc2c(c1)OCCO2. The number of hydrogen-bond acceptors (Lipinski definition) is 5. The molecule has 8 heteroatoms. The summed E-state index contributed by atoms with van der Waals surface area (Å²) in [5, 5.41) is 4.04. The zero-order valence-corrected chi connectivity index (χ0v) is 13.2. The molecule has 0 fully saturated rings. The van der Waals surface area contributed by atoms with E-state index in [0.29, 0.717) is 24.7 Å². The number of rotatable bonds is 4. The standard InChI is InChI=1S/C14H17N3O4S/c1-16-9-11(8-15-16)10-17(2)22(18,19)12-3-4-13-14(7-12)21-6-5-20-13/h3-4,7-9H,5-6,10H2,1-2H3. The average molecular weight is 323 g/mol. The molecule has 0 radical (unpaired) electrons. The van der Waals surface area contributed by atoms with E-state index in [1.807, 2.05) is 0 Å². The highest BCUT2D eigenvalue weighted by molar-refractivity contribution is 7.89. The number of hydrogen-bond donors (Lipinski definition) is 0. The number of fused-ring (bicyclic) bond motifs is 1. The molecule has 0 aliphatic carbocycles. The minimum absolute atomic E-state index is 0.183. The van der Waals surface area contributed by atoms with Gasteiger partial charge in [-0.15, -0.1) is 0 Å². The summed E-state index contributed by atoms with van der Waals surface area (Å²) >= 11 is 0. The predicted molar refractivity (Wildman–Crippen MR) is 79.3 cm³/mol. The lowest BCUT2D eigenvalue weighted by Crippen LogP contribution is -2.26. The molecule has 0 unspecified atom stereocenters. The Bertz CT molecular complexity index is 785. The van der Waals surface area contributed by atoms with Gasteiger partial charge in [0.25, 0.3) is 0 Å². The van der Waals surface area contributed by atoms with Gasteiger partial charge in [-0.05, 0) is 12.1 Å². The van der Waals surface area contributed by atoms with Gasteiger partial charge in [0.05, 0.1) is 11.1 Å². The number of sulfonamides is 1. The molecule has 0 atom stereocenters. The minimum atomic E-state index is -3.60. The first-order valence-electron chi connectivity index (χ1n) is 6.80. The van der Waals surface area contributed by atoms with E-state index in [0.717, 1.165) is 5.56 Å². The van der Waals surface area contributed by atoms with Crippen molar-refractivity contribution >= 4 is 10.0 Å². The van der Waals surface area contributed by atoms with Crippen molar-refractivity contribution in [1.82, 2.24) is 14.1 Å². The third kappa shape index (κ3) is 2.79. The van der Waals surface area contributed by atoms with Gasteiger partial charge in [0.2, 0.25) is 10.0 Å². The van der Waals surface area contributed by atoms with Crippen LogP contribution in [0, 0.1) is 0 Å². The summed E-state index contributed by atoms with van der Waals surface area (Å²) in [6, 6.07) is 4.66. The van der Waals surface area contributed by atoms with E-state index >= 15 is 0 Å². The fourth-order valence-corrected chi connectivity index (χ4v) is 3.43. The van der Waals surface area contributed by atoms with Crippen LogP contribution in [0.25, 0.3) is 0 Å². The van der Waals surface area contributed by atoms with Crippen molar-refractivity contribution < 1.29 is 17.9 Å². The Labute approximate surface area is 129 Å². The van der Waals surface area contributed by atoms with E-state index in [1.54, 1.807) is 37.2 Å². The molecule has 118 valence electrons. The molecule has 0 saturated carbocycles. The fraction of sp³-hybridized carbons (Fsp3) is 0.357. The molecule has 2 heterocycles. The van der Waals surface area contributed by atoms with Crippen molar-refractivity contribution in [3.05, 3.63) is 36.2 Å². The quantitative estimate of drug-likeness (QED) is 0.839. The molecule has 0 amide bonds. The molecule has 0 bridgehead atoms. The molecule has 1 aliphatic heterocycles. The molecule has 0 saturated heterocycles. The lowest BCUT2D eigenvalue weighted by molar-refractivity contribution is 0.171. The normalized spacial score (nSPS) is 14.3. The molecule has 2 aromatic rings. The first-order valence-corrected chi connectivity index (χ1v) is 8.24. The summed E-state index contributed by atoms with van der Waals surface area (Å²) in [5.41, 5.74) is 0.825. The second-order valence-corrected chi connectivity index (χ2v) is 7.13. The van der Waals surface area contributed by atoms with E-state index in [-0.39, 0.29) is 11.4 Å². The molecule has 1 aliphatic rings. The molecule has 7 nitrogen and oxygen atoms in total. The number of ether oxygens (including phenoxy) is 2. The van der Waals surface area contributed by atoms with Crippen LogP contribution in [-0.4, -0.2) is 42.8 Å². The Morgan fingerprint density at radius 3 is 2.68 bits per heavy atom. The lowest BCUT2D eigenvalue weighted by Gasteiger charge is -2.21. The van der Waals surface area contributed by atoms with Crippen molar-refractivity contribution in [3.8, 4) is 11.5 Å². The third-order valence-electron chi connectivity index (χ3n) is 3.39. The maximum absolute atomic E-state index is 12.6. The Balaban J connectivity index is 1.85. The second-order valence-electron chi connectivity index (χ2n) is 5.09. The van der Waals surface area contributed by atoms with Gasteiger partial charge in [-0.1, -0.05) is 0 Å². The van der Waals surface area contributed by atoms with Crippen molar-refractivity contribution in [2.75, 3.05) is 20.3 Å². The van der Waals surface area contributed by atoms with Gasteiger partial charge in [0.15, 0.2) is 11.5 Å². The number of nitrogens with zero attached hydrogens (tertiary/aromatic N) is 3. The average Bonchev–Trinajstić information content (AvgIpc) is 2.91. The highest BCUT2D eigenvalue weighted by Gasteiger charge is 2.24. The van der Waals surface area contributed by atoms with Crippen LogP contribution in [-0.2, 0) is 23.6 Å². The van der Waals surface area contributed by atoms with Gasteiger partial charge in [-0.3, -0.25) is 4.68 Å². The summed E-state index contributed by atoms with van der Waals surface area (Å²) in [5.74, 6) is 1.03. The Hall–Kier alpha value is -2.06. The van der Waals surface area contributed by atoms with Crippen LogP contribution in [0.3, 0.4) is 0 Å². The maximum Gasteiger partial charge on any atom is 0.243 e. The molecule has 3 rings (SSSR count). The molecule has 1 aromatic carbocycles. The fourth-order valence-electron chi connectivity index (χ4n) is 2.26. The van der Waals surface area contributed by atoms with Crippen LogP contribution in [0.1, 0.15) is 5.56 Å². The molecular weight excluding hydrogens is 306 g/mol. The Kier molecular flexibility index (Phi) is 3.79. The summed E-state index contributed by atoms with van der Waals surface area (Å²) in [6.07, 6.45) is 3.44. The second kappa shape index (κ2) is 5.62. The van der Waals surface area contributed by atoms with E-state index in [1.165, 1.54) is 16.4 Å². The highest BCUT2D eigenvalue weighted by Crippen LogP contribution is 2.33. The molecule has 0 N–H and O–H groups in total. The van der Waals surface area contributed by atoms with Gasteiger partial charge in [-0.25, -0.2) is 8.42 Å². The molecule has 0 spiro atoms. The van der Waals surface area contributed by atoms with Gasteiger partial charge < -0.3 is 9.47 Å². The summed E-state index contributed by atoms with van der Waals surface area (Å²) in [4.78, 5) is 0.183. The van der Waals surface area contributed by atoms with E-state index in [9.17, 15) is 8.42 Å². The first kappa shape index (κ1) is 14.9. The Morgan fingerprint density at radius 2 is 2.00 bits per heavy atom. The van der Waals surface area contributed by atoms with Crippen LogP contribution in [0.4, 0.5) is 0 Å². The first-order chi connectivity index (χ1) is 10.5. The van der Waals surface area contributed by atoms with E-state index < -0.39 is 10.0 Å². The zero-order chi connectivity index (χ0) is 15.7. The number of aromatic nitrogens is 2. The van der Waals surface area contributed by atoms with Crippen LogP contribution in [0.2, 0.25) is 0 Å². The molecular formula is C14H17N3O4S. The minimum Gasteiger partial charge on any atom is -0.486 e. The van der Waals surface area contributed by atoms with E-state index in [2.05, 4.69) is 5.10 Å². The third-order valence-corrected chi connectivity index (χ3v) is 5.18. The van der Waals surface area contributed by atoms with Crippen molar-refractivity contribution in [2.45, 2.75) is 11.4 Å². The smallest absolute Gasteiger partial charge is 0.243 e. The van der Waals surface area contributed by atoms with Crippen molar-refractivity contribution in [3.63, 3.8) is 0 Å². The predicted octanol–water partition coefficient (Wildman–Crippen LogP) is 1.01. The van der Waals surface area contributed by atoms with Gasteiger partial charge >= 0.3 is 0 Å². The van der Waals surface area contributed by atoms with Crippen LogP contribution >= 0.6 is 0 Å². The number of benzene rings is 1. The largest absolute Gasteiger partial charge is 0.486 e. The topological polar surface area (TPSA) is 73.7 Å². The molecule has 22 heavy (non-hydrogen) atoms. The summed E-state index contributed by atoms with van der Waals surface area (Å²) in [7, 11) is -0.269. The van der Waals surface area contributed by atoms with Gasteiger partial charge in [0.1, 0.15) is 13.2 Å². The summed E-state index contributed by atoms with van der Waals surface area (Å²) in [6.45, 7) is 1.15. The van der Waals surface area contributed by atoms with Crippen molar-refractivity contribution in [1.29, 1.82) is 0 Å². The van der Waals surface area contributed by atoms with E-state index in [4.69, 9.17) is 9.47 Å². The van der Waals surface area contributed by atoms with Gasteiger partial charge in [0, 0.05) is 38.5 Å².